The number of nitrogens with zero attached hydrogens (tertiary/aromatic N) is 1. The number of benzene rings is 3. The molecule has 0 saturated heterocycles. The molecule has 3 aliphatic carbocycles. The van der Waals surface area contributed by atoms with Gasteiger partial charge in [0, 0.05) is 17.4 Å². The first-order chi connectivity index (χ1) is 11.3. The van der Waals surface area contributed by atoms with Crippen LogP contribution in [0.2, 0.25) is 0 Å². The van der Waals surface area contributed by atoms with Crippen LogP contribution in [0, 0.1) is 11.3 Å². The largest absolute Gasteiger partial charge is 0.508 e. The van der Waals surface area contributed by atoms with Gasteiger partial charge in [0.1, 0.15) is 5.75 Å². The Morgan fingerprint density at radius 1 is 0.696 bits per heavy atom. The van der Waals surface area contributed by atoms with Gasteiger partial charge in [-0.25, -0.2) is 0 Å². The Bertz CT molecular complexity index is 965. The smallest absolute Gasteiger partial charge is 0.120 e. The summed E-state index contributed by atoms with van der Waals surface area (Å²) in [6.45, 7) is 0. The lowest BCUT2D eigenvalue weighted by molar-refractivity contribution is 0.462. The van der Waals surface area contributed by atoms with E-state index in [0.717, 1.165) is 11.1 Å². The highest BCUT2D eigenvalue weighted by Gasteiger charge is 2.43. The zero-order valence-electron chi connectivity index (χ0n) is 12.3. The van der Waals surface area contributed by atoms with E-state index in [1.54, 1.807) is 12.1 Å². The number of aromatic hydroxyl groups is 1. The van der Waals surface area contributed by atoms with Crippen LogP contribution < -0.4 is 0 Å². The zero-order valence-corrected chi connectivity index (χ0v) is 12.3. The molecule has 0 aliphatic heterocycles. The first kappa shape index (κ1) is 12.5. The number of nitriles is 1. The topological polar surface area (TPSA) is 44.0 Å². The van der Waals surface area contributed by atoms with Crippen molar-refractivity contribution < 1.29 is 5.11 Å². The van der Waals surface area contributed by atoms with E-state index in [2.05, 4.69) is 42.5 Å². The quantitative estimate of drug-likeness (QED) is 0.464. The number of hydrogen-bond donors (Lipinski definition) is 1. The van der Waals surface area contributed by atoms with Crippen LogP contribution in [0.15, 0.2) is 60.7 Å². The standard InChI is InChI=1S/C21H13NO/c22-11-12-9-10-17(23)21-18(12)19-13-5-1-3-7-15(13)20(21)16-8-4-2-6-14(16)19/h1-10,19-20,23H. The Kier molecular flexibility index (Phi) is 2.30. The van der Waals surface area contributed by atoms with E-state index >= 15 is 0 Å². The van der Waals surface area contributed by atoms with Crippen molar-refractivity contribution in [3.8, 4) is 11.8 Å². The molecule has 3 aromatic rings. The van der Waals surface area contributed by atoms with Gasteiger partial charge >= 0.3 is 0 Å². The first-order valence-electron chi connectivity index (χ1n) is 7.74. The van der Waals surface area contributed by atoms with E-state index in [1.165, 1.54) is 22.3 Å². The van der Waals surface area contributed by atoms with Crippen LogP contribution in [0.1, 0.15) is 50.8 Å². The SMILES string of the molecule is N#Cc1ccc(O)c2c1C1c3ccccc3C2c2ccccc21. The summed E-state index contributed by atoms with van der Waals surface area (Å²) in [6.07, 6.45) is 0. The summed E-state index contributed by atoms with van der Waals surface area (Å²) in [5.74, 6) is 0.331. The molecule has 2 bridgehead atoms. The summed E-state index contributed by atoms with van der Waals surface area (Å²) in [5, 5.41) is 20.1. The van der Waals surface area contributed by atoms with Gasteiger partial charge < -0.3 is 5.11 Å². The van der Waals surface area contributed by atoms with Crippen molar-refractivity contribution in [2.45, 2.75) is 11.8 Å². The van der Waals surface area contributed by atoms with Gasteiger partial charge in [0.2, 0.25) is 0 Å². The maximum absolute atomic E-state index is 10.5. The summed E-state index contributed by atoms with van der Waals surface area (Å²) >= 11 is 0. The maximum atomic E-state index is 10.5. The van der Waals surface area contributed by atoms with Gasteiger partial charge in [-0.2, -0.15) is 5.26 Å². The second-order valence-corrected chi connectivity index (χ2v) is 6.20. The van der Waals surface area contributed by atoms with E-state index in [0.29, 0.717) is 5.56 Å². The van der Waals surface area contributed by atoms with Crippen molar-refractivity contribution in [3.63, 3.8) is 0 Å². The number of phenolic OH excluding ortho intramolecular Hbond substituents is 1. The summed E-state index contributed by atoms with van der Waals surface area (Å²) in [6, 6.07) is 22.5. The molecule has 2 nitrogen and oxygen atoms in total. The average molecular weight is 295 g/mol. The normalized spacial score (nSPS) is 19.4. The van der Waals surface area contributed by atoms with Crippen LogP contribution in [0.4, 0.5) is 0 Å². The fraction of sp³-hybridized carbons (Fsp3) is 0.0952. The predicted molar refractivity (Wildman–Crippen MR) is 87.6 cm³/mol. The maximum Gasteiger partial charge on any atom is 0.120 e. The van der Waals surface area contributed by atoms with Gasteiger partial charge in [-0.15, -0.1) is 0 Å². The number of rotatable bonds is 0. The second-order valence-electron chi connectivity index (χ2n) is 6.20. The van der Waals surface area contributed by atoms with Crippen molar-refractivity contribution in [1.82, 2.24) is 0 Å². The molecule has 0 amide bonds. The second kappa shape index (κ2) is 4.24. The van der Waals surface area contributed by atoms with Crippen molar-refractivity contribution in [2.75, 3.05) is 0 Å². The van der Waals surface area contributed by atoms with Gasteiger partial charge in [-0.3, -0.25) is 0 Å². The van der Waals surface area contributed by atoms with E-state index in [9.17, 15) is 10.4 Å². The molecule has 2 heteroatoms. The number of hydrogen-bond acceptors (Lipinski definition) is 2. The molecular weight excluding hydrogens is 282 g/mol. The molecular formula is C21H13NO. The van der Waals surface area contributed by atoms with Crippen molar-refractivity contribution >= 4 is 0 Å². The molecule has 0 atom stereocenters. The Labute approximate surface area is 134 Å². The Morgan fingerprint density at radius 3 is 1.65 bits per heavy atom. The van der Waals surface area contributed by atoms with Crippen LogP contribution in [0.5, 0.6) is 5.75 Å². The molecule has 0 saturated carbocycles. The van der Waals surface area contributed by atoms with Crippen LogP contribution >= 0.6 is 0 Å². The molecule has 23 heavy (non-hydrogen) atoms. The molecule has 0 aromatic heterocycles. The molecule has 3 aliphatic rings. The number of phenols is 1. The zero-order chi connectivity index (χ0) is 15.6. The fourth-order valence-electron chi connectivity index (χ4n) is 4.37. The molecule has 0 heterocycles. The van der Waals surface area contributed by atoms with Gasteiger partial charge in [-0.05, 0) is 39.9 Å². The minimum atomic E-state index is 0.00991. The lowest BCUT2D eigenvalue weighted by Gasteiger charge is -2.42. The van der Waals surface area contributed by atoms with Crippen LogP contribution in [-0.2, 0) is 0 Å². The van der Waals surface area contributed by atoms with Crippen molar-refractivity contribution in [2.24, 2.45) is 0 Å². The van der Waals surface area contributed by atoms with Crippen molar-refractivity contribution in [3.05, 3.63) is 99.6 Å². The summed E-state index contributed by atoms with van der Waals surface area (Å²) in [5.41, 5.74) is 7.55. The summed E-state index contributed by atoms with van der Waals surface area (Å²) < 4.78 is 0. The third kappa shape index (κ3) is 1.42. The Morgan fingerprint density at radius 2 is 1.17 bits per heavy atom. The van der Waals surface area contributed by atoms with Crippen molar-refractivity contribution in [1.29, 1.82) is 5.26 Å². The molecule has 0 fully saturated rings. The highest BCUT2D eigenvalue weighted by Crippen LogP contribution is 2.58. The third-order valence-electron chi connectivity index (χ3n) is 5.20. The lowest BCUT2D eigenvalue weighted by Crippen LogP contribution is -2.28. The highest BCUT2D eigenvalue weighted by molar-refractivity contribution is 5.72. The molecule has 1 N–H and O–H groups in total. The minimum Gasteiger partial charge on any atom is -0.508 e. The monoisotopic (exact) mass is 295 g/mol. The van der Waals surface area contributed by atoms with E-state index < -0.39 is 0 Å². The molecule has 0 unspecified atom stereocenters. The van der Waals surface area contributed by atoms with Crippen LogP contribution in [-0.4, -0.2) is 5.11 Å². The van der Waals surface area contributed by atoms with Crippen LogP contribution in [0.3, 0.4) is 0 Å². The molecule has 108 valence electrons. The van der Waals surface area contributed by atoms with Gasteiger partial charge in [0.25, 0.3) is 0 Å². The third-order valence-corrected chi connectivity index (χ3v) is 5.20. The van der Waals surface area contributed by atoms with E-state index in [-0.39, 0.29) is 17.6 Å². The fourth-order valence-corrected chi connectivity index (χ4v) is 4.37. The lowest BCUT2D eigenvalue weighted by atomic mass is 9.60. The first-order valence-corrected chi connectivity index (χ1v) is 7.74. The van der Waals surface area contributed by atoms with E-state index in [4.69, 9.17) is 0 Å². The molecule has 0 spiro atoms. The van der Waals surface area contributed by atoms with Gasteiger partial charge in [0.05, 0.1) is 11.6 Å². The van der Waals surface area contributed by atoms with Gasteiger partial charge in [-0.1, -0.05) is 48.5 Å². The Hall–Kier alpha value is -3.05. The highest BCUT2D eigenvalue weighted by atomic mass is 16.3. The Balaban J connectivity index is 1.97. The molecule has 3 aromatic carbocycles. The molecule has 6 rings (SSSR count). The summed E-state index contributed by atoms with van der Waals surface area (Å²) in [7, 11) is 0. The summed E-state index contributed by atoms with van der Waals surface area (Å²) in [4.78, 5) is 0. The average Bonchev–Trinajstić information content (AvgIpc) is 2.62. The predicted octanol–water partition coefficient (Wildman–Crippen LogP) is 4.25. The van der Waals surface area contributed by atoms with Gasteiger partial charge in [0.15, 0.2) is 0 Å². The van der Waals surface area contributed by atoms with Crippen LogP contribution in [0.25, 0.3) is 0 Å². The van der Waals surface area contributed by atoms with E-state index in [1.807, 2.05) is 12.1 Å². The minimum absolute atomic E-state index is 0.00991. The molecule has 0 radical (unpaired) electrons.